The third-order valence-corrected chi connectivity index (χ3v) is 7.90. The number of aliphatic hydroxyl groups is 1. The molecule has 170 valence electrons. The molecule has 1 N–H and O–H groups in total. The molecule has 2 aromatic carbocycles. The Morgan fingerprint density at radius 1 is 1.12 bits per heavy atom. The second kappa shape index (κ2) is 8.29. The summed E-state index contributed by atoms with van der Waals surface area (Å²) in [5.41, 5.74) is 3.32. The van der Waals surface area contributed by atoms with E-state index in [1.165, 1.54) is 11.1 Å². The summed E-state index contributed by atoms with van der Waals surface area (Å²) in [6.45, 7) is 1.41. The van der Waals surface area contributed by atoms with Gasteiger partial charge < -0.3 is 24.2 Å². The Morgan fingerprint density at radius 2 is 1.91 bits per heavy atom. The second-order valence-corrected chi connectivity index (χ2v) is 9.66. The molecule has 0 unspecified atom stereocenters. The standard InChI is InChI=1S/C26H30ClNO4/c1-28-11-10-26-14-21(29)23(31-3)13-19(26)20(28)12-17-6-9-22(30-2)25(24(17)26)32-15-16-4-7-18(27)8-5-16/h4-9,13,19-21,29H,10-12,14-15H2,1-3H3/t19-,20+,21+,26-/m1/s1. The number of aliphatic hydroxyl groups excluding tert-OH is 1. The van der Waals surface area contributed by atoms with E-state index in [0.717, 1.165) is 36.4 Å². The molecule has 0 aromatic heterocycles. The van der Waals surface area contributed by atoms with Crippen molar-refractivity contribution in [2.45, 2.75) is 43.4 Å². The van der Waals surface area contributed by atoms with Gasteiger partial charge in [-0.1, -0.05) is 29.8 Å². The Morgan fingerprint density at radius 3 is 2.62 bits per heavy atom. The zero-order valence-corrected chi connectivity index (χ0v) is 19.6. The minimum atomic E-state index is -0.624. The van der Waals surface area contributed by atoms with Gasteiger partial charge in [0.2, 0.25) is 0 Å². The maximum absolute atomic E-state index is 11.0. The van der Waals surface area contributed by atoms with Crippen molar-refractivity contribution in [2.75, 3.05) is 27.8 Å². The average Bonchev–Trinajstić information content (AvgIpc) is 2.80. The van der Waals surface area contributed by atoms with E-state index in [4.69, 9.17) is 25.8 Å². The van der Waals surface area contributed by atoms with E-state index in [1.54, 1.807) is 14.2 Å². The lowest BCUT2D eigenvalue weighted by molar-refractivity contribution is -0.00422. The van der Waals surface area contributed by atoms with Gasteiger partial charge in [-0.3, -0.25) is 0 Å². The molecule has 5 nitrogen and oxygen atoms in total. The maximum Gasteiger partial charge on any atom is 0.165 e. The zero-order valence-electron chi connectivity index (χ0n) is 18.8. The number of hydrogen-bond donors (Lipinski definition) is 1. The number of likely N-dealkylation sites (tertiary alicyclic amines) is 1. The molecule has 0 radical (unpaired) electrons. The lowest BCUT2D eigenvalue weighted by Crippen LogP contribution is -2.60. The molecule has 3 aliphatic rings. The van der Waals surface area contributed by atoms with Gasteiger partial charge in [0.05, 0.1) is 14.2 Å². The highest BCUT2D eigenvalue weighted by Gasteiger charge is 2.56. The van der Waals surface area contributed by atoms with Crippen molar-refractivity contribution < 1.29 is 19.3 Å². The zero-order chi connectivity index (χ0) is 22.5. The predicted molar refractivity (Wildman–Crippen MR) is 124 cm³/mol. The molecule has 0 amide bonds. The molecule has 1 heterocycles. The largest absolute Gasteiger partial charge is 0.499 e. The topological polar surface area (TPSA) is 51.2 Å². The van der Waals surface area contributed by atoms with E-state index in [2.05, 4.69) is 24.1 Å². The third kappa shape index (κ3) is 3.38. The molecule has 1 fully saturated rings. The molecule has 4 atom stereocenters. The smallest absolute Gasteiger partial charge is 0.165 e. The summed E-state index contributed by atoms with van der Waals surface area (Å²) in [6.07, 6.45) is 4.05. The Labute approximate surface area is 194 Å². The molecule has 2 aliphatic carbocycles. The quantitative estimate of drug-likeness (QED) is 0.727. The van der Waals surface area contributed by atoms with E-state index in [0.29, 0.717) is 29.9 Å². The van der Waals surface area contributed by atoms with Crippen molar-refractivity contribution in [3.63, 3.8) is 0 Å². The predicted octanol–water partition coefficient (Wildman–Crippen LogP) is 4.34. The monoisotopic (exact) mass is 455 g/mol. The van der Waals surface area contributed by atoms with Crippen LogP contribution in [-0.2, 0) is 23.2 Å². The van der Waals surface area contributed by atoms with Crippen molar-refractivity contribution in [3.8, 4) is 11.5 Å². The fourth-order valence-corrected chi connectivity index (χ4v) is 6.19. The van der Waals surface area contributed by atoms with Crippen LogP contribution in [0.15, 0.2) is 48.2 Å². The SMILES string of the molecule is COC1=C[C@@H]2[C@@H]3Cc4ccc(OC)c(OCc5ccc(Cl)cc5)c4[C@]2(CCN3C)C[C@@H]1O. The Bertz CT molecular complexity index is 1040. The van der Waals surface area contributed by atoms with Crippen LogP contribution in [0, 0.1) is 5.92 Å². The number of halogens is 1. The average molecular weight is 456 g/mol. The molecule has 0 saturated carbocycles. The molecule has 0 spiro atoms. The van der Waals surface area contributed by atoms with Gasteiger partial charge in [0.1, 0.15) is 18.5 Å². The van der Waals surface area contributed by atoms with Gasteiger partial charge in [-0.15, -0.1) is 0 Å². The fraction of sp³-hybridized carbons (Fsp3) is 0.462. The van der Waals surface area contributed by atoms with E-state index in [-0.39, 0.29) is 11.3 Å². The summed E-state index contributed by atoms with van der Waals surface area (Å²) in [5, 5.41) is 11.7. The van der Waals surface area contributed by atoms with Crippen molar-refractivity contribution in [3.05, 3.63) is 69.9 Å². The molecule has 2 aromatic rings. The van der Waals surface area contributed by atoms with Crippen molar-refractivity contribution in [1.29, 1.82) is 0 Å². The summed E-state index contributed by atoms with van der Waals surface area (Å²) < 4.78 is 17.8. The number of rotatable bonds is 5. The summed E-state index contributed by atoms with van der Waals surface area (Å²) in [7, 11) is 5.53. The molecule has 1 saturated heterocycles. The molecule has 6 heteroatoms. The van der Waals surface area contributed by atoms with Gasteiger partial charge in [0.25, 0.3) is 0 Å². The molecular formula is C26H30ClNO4. The third-order valence-electron chi connectivity index (χ3n) is 7.65. The number of hydrogen-bond acceptors (Lipinski definition) is 5. The highest BCUT2D eigenvalue weighted by atomic mass is 35.5. The van der Waals surface area contributed by atoms with Crippen LogP contribution in [0.25, 0.3) is 0 Å². The summed E-state index contributed by atoms with van der Waals surface area (Å²) in [4.78, 5) is 2.45. The number of fused-ring (bicyclic) bond motifs is 1. The fourth-order valence-electron chi connectivity index (χ4n) is 6.06. The Balaban J connectivity index is 1.62. The van der Waals surface area contributed by atoms with E-state index in [9.17, 15) is 5.11 Å². The van der Waals surface area contributed by atoms with E-state index >= 15 is 0 Å². The first-order chi connectivity index (χ1) is 15.5. The van der Waals surface area contributed by atoms with E-state index < -0.39 is 6.10 Å². The van der Waals surface area contributed by atoms with Crippen molar-refractivity contribution in [2.24, 2.45) is 5.92 Å². The summed E-state index contributed by atoms with van der Waals surface area (Å²) in [6, 6.07) is 12.3. The van der Waals surface area contributed by atoms with Crippen molar-refractivity contribution >= 4 is 11.6 Å². The number of likely N-dealkylation sites (N-methyl/N-ethyl adjacent to an activating group) is 1. The van der Waals surface area contributed by atoms with Gasteiger partial charge >= 0.3 is 0 Å². The van der Waals surface area contributed by atoms with Crippen LogP contribution in [0.2, 0.25) is 5.02 Å². The van der Waals surface area contributed by atoms with Crippen molar-refractivity contribution in [1.82, 2.24) is 4.90 Å². The minimum Gasteiger partial charge on any atom is -0.499 e. The van der Waals surface area contributed by atoms with Gasteiger partial charge in [-0.2, -0.15) is 0 Å². The normalized spacial score (nSPS) is 28.9. The second-order valence-electron chi connectivity index (χ2n) is 9.22. The highest BCUT2D eigenvalue weighted by molar-refractivity contribution is 6.30. The first kappa shape index (κ1) is 21.6. The van der Waals surface area contributed by atoms with Gasteiger partial charge in [0, 0.05) is 28.0 Å². The summed E-state index contributed by atoms with van der Waals surface area (Å²) in [5.74, 6) is 2.46. The number of piperidine rings is 1. The van der Waals surface area contributed by atoms with E-state index in [1.807, 2.05) is 30.3 Å². The van der Waals surface area contributed by atoms with Crippen LogP contribution in [0.3, 0.4) is 0 Å². The van der Waals surface area contributed by atoms with Crippen LogP contribution >= 0.6 is 11.6 Å². The number of methoxy groups -OCH3 is 2. The Kier molecular flexibility index (Phi) is 5.60. The lowest BCUT2D eigenvalue weighted by atomic mass is 9.53. The summed E-state index contributed by atoms with van der Waals surface area (Å²) >= 11 is 6.05. The molecule has 32 heavy (non-hydrogen) atoms. The lowest BCUT2D eigenvalue weighted by Gasteiger charge is -2.57. The van der Waals surface area contributed by atoms with Crippen LogP contribution in [0.1, 0.15) is 29.5 Å². The van der Waals surface area contributed by atoms with Gasteiger partial charge in [0.15, 0.2) is 11.5 Å². The molecule has 2 bridgehead atoms. The maximum atomic E-state index is 11.0. The first-order valence-corrected chi connectivity index (χ1v) is 11.6. The van der Waals surface area contributed by atoms with Crippen LogP contribution in [0.5, 0.6) is 11.5 Å². The molecule has 1 aliphatic heterocycles. The van der Waals surface area contributed by atoms with Crippen LogP contribution in [-0.4, -0.2) is 50.0 Å². The number of nitrogens with zero attached hydrogens (tertiary/aromatic N) is 1. The van der Waals surface area contributed by atoms with Gasteiger partial charge in [-0.25, -0.2) is 0 Å². The highest BCUT2D eigenvalue weighted by Crippen LogP contribution is 2.58. The van der Waals surface area contributed by atoms with Crippen LogP contribution < -0.4 is 9.47 Å². The number of benzene rings is 2. The molecular weight excluding hydrogens is 426 g/mol. The first-order valence-electron chi connectivity index (χ1n) is 11.2. The molecule has 5 rings (SSSR count). The Hall–Kier alpha value is -2.21. The van der Waals surface area contributed by atoms with Crippen LogP contribution in [0.4, 0.5) is 0 Å². The van der Waals surface area contributed by atoms with Gasteiger partial charge in [-0.05, 0) is 68.3 Å². The minimum absolute atomic E-state index is 0.212. The number of ether oxygens (including phenoxy) is 3.